The molecule has 0 aliphatic carbocycles. The van der Waals surface area contributed by atoms with Crippen LogP contribution in [-0.4, -0.2) is 20.7 Å². The van der Waals surface area contributed by atoms with E-state index in [9.17, 15) is 5.11 Å². The lowest BCUT2D eigenvalue weighted by molar-refractivity contribution is 0.0716. The van der Waals surface area contributed by atoms with E-state index in [0.717, 1.165) is 62.9 Å². The first-order chi connectivity index (χ1) is 12.6. The molecule has 0 bridgehead atoms. The van der Waals surface area contributed by atoms with Crippen LogP contribution in [0.5, 0.6) is 11.5 Å². The van der Waals surface area contributed by atoms with E-state index in [4.69, 9.17) is 17.0 Å². The highest BCUT2D eigenvalue weighted by atomic mass is 32.1. The monoisotopic (exact) mass is 384 g/mol. The van der Waals surface area contributed by atoms with Gasteiger partial charge in [-0.2, -0.15) is 0 Å². The molecule has 0 amide bonds. The molecule has 27 heavy (non-hydrogen) atoms. The summed E-state index contributed by atoms with van der Waals surface area (Å²) in [5.74, 6) is 2.07. The summed E-state index contributed by atoms with van der Waals surface area (Å²) < 4.78 is 6.46. The molecule has 1 atom stereocenters. The summed E-state index contributed by atoms with van der Waals surface area (Å²) in [5, 5.41) is 13.6. The van der Waals surface area contributed by atoms with Crippen molar-refractivity contribution in [3.63, 3.8) is 0 Å². The van der Waals surface area contributed by atoms with E-state index >= 15 is 0 Å². The highest BCUT2D eigenvalue weighted by molar-refractivity contribution is 7.80. The average molecular weight is 385 g/mol. The summed E-state index contributed by atoms with van der Waals surface area (Å²) in [6.45, 7) is 12.0. The number of phenolic OH excluding ortho intramolecular Hbond substituents is 1. The summed E-state index contributed by atoms with van der Waals surface area (Å²) >= 11 is 5.61. The van der Waals surface area contributed by atoms with Gasteiger partial charge in [0.25, 0.3) is 0 Å². The third-order valence-electron chi connectivity index (χ3n) is 5.49. The van der Waals surface area contributed by atoms with Gasteiger partial charge in [-0.1, -0.05) is 12.2 Å². The molecule has 0 fully saturated rings. The van der Waals surface area contributed by atoms with E-state index in [1.165, 1.54) is 0 Å². The highest BCUT2D eigenvalue weighted by Crippen LogP contribution is 2.44. The Morgan fingerprint density at radius 3 is 2.56 bits per heavy atom. The third kappa shape index (κ3) is 3.93. The minimum Gasteiger partial charge on any atom is -0.507 e. The molecule has 0 radical (unpaired) electrons. The molecule has 1 unspecified atom stereocenters. The molecule has 0 saturated carbocycles. The number of aryl methyl sites for hydroxylation is 2. The molecule has 0 spiro atoms. The molecule has 2 N–H and O–H groups in total. The largest absolute Gasteiger partial charge is 0.507 e. The van der Waals surface area contributed by atoms with Gasteiger partial charge in [0.05, 0.1) is 4.99 Å². The number of hydrogen-bond acceptors (Lipinski definition) is 4. The minimum absolute atomic E-state index is 0.378. The molecule has 2 heterocycles. The van der Waals surface area contributed by atoms with Crippen LogP contribution in [0.2, 0.25) is 0 Å². The van der Waals surface area contributed by atoms with Gasteiger partial charge < -0.3 is 15.2 Å². The molecule has 4 nitrogen and oxygen atoms in total. The second-order valence-electron chi connectivity index (χ2n) is 7.98. The van der Waals surface area contributed by atoms with Crippen molar-refractivity contribution in [3.05, 3.63) is 45.6 Å². The van der Waals surface area contributed by atoms with Crippen molar-refractivity contribution in [2.24, 2.45) is 0 Å². The van der Waals surface area contributed by atoms with E-state index < -0.39 is 0 Å². The van der Waals surface area contributed by atoms with Crippen molar-refractivity contribution in [3.8, 4) is 11.5 Å². The quantitative estimate of drug-likeness (QED) is 0.709. The van der Waals surface area contributed by atoms with Crippen molar-refractivity contribution in [1.29, 1.82) is 0 Å². The predicted octanol–water partition coefficient (Wildman–Crippen LogP) is 5.24. The SMILES string of the molecule is Cc1cc(C)nc(NC(=S)CC2(C)CCc3c(C)c(O)c(C)c(C)c3O2)c1. The molecule has 0 saturated heterocycles. The summed E-state index contributed by atoms with van der Waals surface area (Å²) in [6, 6.07) is 4.04. The number of nitrogens with one attached hydrogen (secondary N) is 1. The lowest BCUT2D eigenvalue weighted by Gasteiger charge is -2.38. The Kier molecular flexibility index (Phi) is 5.17. The summed E-state index contributed by atoms with van der Waals surface area (Å²) in [6.07, 6.45) is 2.34. The number of fused-ring (bicyclic) bond motifs is 1. The Morgan fingerprint density at radius 1 is 1.19 bits per heavy atom. The van der Waals surface area contributed by atoms with E-state index in [1.807, 2.05) is 46.8 Å². The fourth-order valence-electron chi connectivity index (χ4n) is 3.85. The minimum atomic E-state index is -0.378. The van der Waals surface area contributed by atoms with Gasteiger partial charge in [-0.3, -0.25) is 0 Å². The van der Waals surface area contributed by atoms with Crippen LogP contribution >= 0.6 is 12.2 Å². The first kappa shape index (κ1) is 19.6. The smallest absolute Gasteiger partial charge is 0.131 e. The zero-order chi connectivity index (χ0) is 19.9. The van der Waals surface area contributed by atoms with Crippen molar-refractivity contribution in [2.45, 2.75) is 66.4 Å². The normalized spacial score (nSPS) is 18.6. The van der Waals surface area contributed by atoms with Crippen LogP contribution in [0.25, 0.3) is 0 Å². The Hall–Kier alpha value is -2.14. The van der Waals surface area contributed by atoms with E-state index in [1.54, 1.807) is 0 Å². The summed E-state index contributed by atoms with van der Waals surface area (Å²) in [5.41, 5.74) is 5.68. The van der Waals surface area contributed by atoms with Gasteiger partial charge in [0.15, 0.2) is 0 Å². The molecule has 5 heteroatoms. The number of hydrogen-bond donors (Lipinski definition) is 2. The Labute approximate surface area is 167 Å². The number of pyridine rings is 1. The highest BCUT2D eigenvalue weighted by Gasteiger charge is 2.35. The molecule has 144 valence electrons. The van der Waals surface area contributed by atoms with Crippen LogP contribution in [0.15, 0.2) is 12.1 Å². The zero-order valence-corrected chi connectivity index (χ0v) is 17.8. The lowest BCUT2D eigenvalue weighted by atomic mass is 9.85. The second kappa shape index (κ2) is 7.12. The number of aromatic nitrogens is 1. The maximum absolute atomic E-state index is 10.3. The first-order valence-electron chi connectivity index (χ1n) is 9.35. The van der Waals surface area contributed by atoms with Gasteiger partial charge in [-0.05, 0) is 88.8 Å². The number of benzene rings is 1. The van der Waals surface area contributed by atoms with E-state index in [2.05, 4.69) is 17.2 Å². The molecule has 1 aliphatic rings. The van der Waals surface area contributed by atoms with Crippen molar-refractivity contribution in [1.82, 2.24) is 4.98 Å². The molecular formula is C22H28N2O2S. The molecule has 1 aliphatic heterocycles. The van der Waals surface area contributed by atoms with Gasteiger partial charge in [-0.15, -0.1) is 0 Å². The first-order valence-corrected chi connectivity index (χ1v) is 9.76. The fourth-order valence-corrected chi connectivity index (χ4v) is 4.26. The fraction of sp³-hybridized carbons (Fsp3) is 0.455. The number of thiocarbonyl (C=S) groups is 1. The van der Waals surface area contributed by atoms with Crippen LogP contribution in [-0.2, 0) is 6.42 Å². The average Bonchev–Trinajstić information content (AvgIpc) is 2.56. The maximum atomic E-state index is 10.3. The van der Waals surface area contributed by atoms with Gasteiger partial charge in [-0.25, -0.2) is 4.98 Å². The van der Waals surface area contributed by atoms with Crippen LogP contribution in [0.1, 0.15) is 53.3 Å². The molecule has 1 aromatic carbocycles. The number of phenols is 1. The number of aromatic hydroxyl groups is 1. The van der Waals surface area contributed by atoms with Crippen molar-refractivity contribution in [2.75, 3.05) is 5.32 Å². The Balaban J connectivity index is 1.80. The molecule has 3 rings (SSSR count). The van der Waals surface area contributed by atoms with Crippen molar-refractivity contribution < 1.29 is 9.84 Å². The number of nitrogens with zero attached hydrogens (tertiary/aromatic N) is 1. The van der Waals surface area contributed by atoms with Crippen LogP contribution in [0, 0.1) is 34.6 Å². The van der Waals surface area contributed by atoms with Gasteiger partial charge in [0.2, 0.25) is 0 Å². The van der Waals surface area contributed by atoms with Crippen molar-refractivity contribution >= 4 is 23.0 Å². The van der Waals surface area contributed by atoms with Crippen LogP contribution < -0.4 is 10.1 Å². The Morgan fingerprint density at radius 2 is 1.89 bits per heavy atom. The van der Waals surface area contributed by atoms with Crippen LogP contribution in [0.3, 0.4) is 0 Å². The molecule has 1 aromatic heterocycles. The van der Waals surface area contributed by atoms with Gasteiger partial charge >= 0.3 is 0 Å². The predicted molar refractivity (Wildman–Crippen MR) is 114 cm³/mol. The zero-order valence-electron chi connectivity index (χ0n) is 17.0. The van der Waals surface area contributed by atoms with Crippen LogP contribution in [0.4, 0.5) is 5.82 Å². The number of rotatable bonds is 3. The molecule has 2 aromatic rings. The summed E-state index contributed by atoms with van der Waals surface area (Å²) in [7, 11) is 0. The topological polar surface area (TPSA) is 54.4 Å². The number of anilines is 1. The second-order valence-corrected chi connectivity index (χ2v) is 8.47. The lowest BCUT2D eigenvalue weighted by Crippen LogP contribution is -2.40. The molecular weight excluding hydrogens is 356 g/mol. The Bertz CT molecular complexity index is 903. The summed E-state index contributed by atoms with van der Waals surface area (Å²) in [4.78, 5) is 5.23. The van der Waals surface area contributed by atoms with E-state index in [0.29, 0.717) is 12.2 Å². The van der Waals surface area contributed by atoms with Gasteiger partial charge in [0.1, 0.15) is 22.9 Å². The van der Waals surface area contributed by atoms with E-state index in [-0.39, 0.29) is 5.60 Å². The third-order valence-corrected chi connectivity index (χ3v) is 5.74. The number of ether oxygens (including phenoxy) is 1. The van der Waals surface area contributed by atoms with Gasteiger partial charge in [0, 0.05) is 17.7 Å². The maximum Gasteiger partial charge on any atom is 0.131 e. The standard InChI is InChI=1S/C22H28N2O2S/c1-12-9-13(2)23-18(10-12)24-19(27)11-22(6)8-7-17-16(5)20(25)14(3)15(4)21(17)26-22/h9-10,25H,7-8,11H2,1-6H3,(H,23,24,27).